The van der Waals surface area contributed by atoms with Gasteiger partial charge in [0.2, 0.25) is 0 Å². The number of amides is 1. The minimum absolute atomic E-state index is 0.353. The van der Waals surface area contributed by atoms with Crippen molar-refractivity contribution in [3.05, 3.63) is 28.7 Å². The van der Waals surface area contributed by atoms with Crippen LogP contribution in [0.1, 0.15) is 13.8 Å². The summed E-state index contributed by atoms with van der Waals surface area (Å²) in [5.74, 6) is -0.829. The molecule has 0 spiro atoms. The fourth-order valence-corrected chi connectivity index (χ4v) is 1.51. The van der Waals surface area contributed by atoms with Crippen LogP contribution < -0.4 is 5.32 Å². The molecule has 1 aromatic carbocycles. The lowest BCUT2D eigenvalue weighted by molar-refractivity contribution is -0.150. The normalized spacial score (nSPS) is 11.7. The van der Waals surface area contributed by atoms with E-state index in [4.69, 9.17) is 4.74 Å². The van der Waals surface area contributed by atoms with E-state index in [1.807, 2.05) is 6.07 Å². The highest BCUT2D eigenvalue weighted by Crippen LogP contribution is 2.15. The molecular formula is C11H12BrNO3. The maximum Gasteiger partial charge on any atom is 0.303 e. The highest BCUT2D eigenvalue weighted by atomic mass is 79.9. The van der Waals surface area contributed by atoms with Gasteiger partial charge in [0.05, 0.1) is 0 Å². The predicted octanol–water partition coefficient (Wildman–Crippen LogP) is 2.34. The Morgan fingerprint density at radius 2 is 2.12 bits per heavy atom. The predicted molar refractivity (Wildman–Crippen MR) is 64.0 cm³/mol. The van der Waals surface area contributed by atoms with Gasteiger partial charge in [-0.2, -0.15) is 0 Å². The highest BCUT2D eigenvalue weighted by Gasteiger charge is 2.15. The fourth-order valence-electron chi connectivity index (χ4n) is 1.11. The zero-order valence-electron chi connectivity index (χ0n) is 8.99. The summed E-state index contributed by atoms with van der Waals surface area (Å²) in [5, 5.41) is 2.64. The minimum Gasteiger partial charge on any atom is -0.453 e. The van der Waals surface area contributed by atoms with Gasteiger partial charge >= 0.3 is 5.97 Å². The van der Waals surface area contributed by atoms with Gasteiger partial charge in [-0.25, -0.2) is 0 Å². The molecule has 1 aromatic rings. The quantitative estimate of drug-likeness (QED) is 0.868. The van der Waals surface area contributed by atoms with Gasteiger partial charge in [0.15, 0.2) is 6.10 Å². The maximum absolute atomic E-state index is 11.6. The third kappa shape index (κ3) is 4.02. The molecule has 5 heteroatoms. The van der Waals surface area contributed by atoms with Gasteiger partial charge in [-0.15, -0.1) is 0 Å². The summed E-state index contributed by atoms with van der Waals surface area (Å²) in [4.78, 5) is 22.2. The van der Waals surface area contributed by atoms with Crippen LogP contribution in [-0.2, 0) is 14.3 Å². The molecule has 0 saturated carbocycles. The number of nitrogens with one attached hydrogen (secondary N) is 1. The van der Waals surface area contributed by atoms with Crippen molar-refractivity contribution in [1.82, 2.24) is 0 Å². The summed E-state index contributed by atoms with van der Waals surface area (Å²) < 4.78 is 5.62. The number of benzene rings is 1. The number of hydrogen-bond acceptors (Lipinski definition) is 3. The third-order valence-electron chi connectivity index (χ3n) is 1.80. The summed E-state index contributed by atoms with van der Waals surface area (Å²) >= 11 is 3.29. The first-order chi connectivity index (χ1) is 7.49. The Morgan fingerprint density at radius 1 is 1.44 bits per heavy atom. The number of anilines is 1. The molecule has 1 N–H and O–H groups in total. The van der Waals surface area contributed by atoms with Gasteiger partial charge in [-0.05, 0) is 25.1 Å². The second-order valence-electron chi connectivity index (χ2n) is 3.25. The first-order valence-electron chi connectivity index (χ1n) is 4.72. The summed E-state index contributed by atoms with van der Waals surface area (Å²) in [6.45, 7) is 2.79. The van der Waals surface area contributed by atoms with Gasteiger partial charge in [0.1, 0.15) is 0 Å². The average Bonchev–Trinajstić information content (AvgIpc) is 2.16. The number of carbonyl (C=O) groups is 2. The Morgan fingerprint density at radius 3 is 2.69 bits per heavy atom. The smallest absolute Gasteiger partial charge is 0.303 e. The second-order valence-corrected chi connectivity index (χ2v) is 4.17. The van der Waals surface area contributed by atoms with Crippen molar-refractivity contribution in [2.45, 2.75) is 20.0 Å². The largest absolute Gasteiger partial charge is 0.453 e. The highest BCUT2D eigenvalue weighted by molar-refractivity contribution is 9.10. The minimum atomic E-state index is -0.795. The van der Waals surface area contributed by atoms with Crippen LogP contribution in [0.2, 0.25) is 0 Å². The monoisotopic (exact) mass is 285 g/mol. The van der Waals surface area contributed by atoms with E-state index in [9.17, 15) is 9.59 Å². The Hall–Kier alpha value is -1.36. The van der Waals surface area contributed by atoms with Gasteiger partial charge in [-0.1, -0.05) is 22.0 Å². The number of ether oxygens (including phenoxy) is 1. The number of esters is 1. The van der Waals surface area contributed by atoms with Gasteiger partial charge in [0, 0.05) is 17.1 Å². The van der Waals surface area contributed by atoms with Crippen LogP contribution in [0.3, 0.4) is 0 Å². The summed E-state index contributed by atoms with van der Waals surface area (Å²) in [6, 6.07) is 7.17. The number of hydrogen-bond donors (Lipinski definition) is 1. The van der Waals surface area contributed by atoms with E-state index in [2.05, 4.69) is 21.2 Å². The second kappa shape index (κ2) is 5.65. The van der Waals surface area contributed by atoms with E-state index in [0.717, 1.165) is 4.47 Å². The van der Waals surface area contributed by atoms with Crippen molar-refractivity contribution in [2.24, 2.45) is 0 Å². The zero-order chi connectivity index (χ0) is 12.1. The van der Waals surface area contributed by atoms with E-state index in [0.29, 0.717) is 5.69 Å². The molecule has 0 saturated heterocycles. The molecule has 0 unspecified atom stereocenters. The Labute approximate surface area is 102 Å². The lowest BCUT2D eigenvalue weighted by Crippen LogP contribution is -2.29. The van der Waals surface area contributed by atoms with E-state index >= 15 is 0 Å². The van der Waals surface area contributed by atoms with E-state index in [1.54, 1.807) is 18.2 Å². The van der Waals surface area contributed by atoms with Crippen LogP contribution in [0.4, 0.5) is 5.69 Å². The molecule has 16 heavy (non-hydrogen) atoms. The van der Waals surface area contributed by atoms with Crippen molar-refractivity contribution in [2.75, 3.05) is 5.32 Å². The van der Waals surface area contributed by atoms with Gasteiger partial charge in [-0.3, -0.25) is 9.59 Å². The lowest BCUT2D eigenvalue weighted by atomic mass is 10.3. The molecule has 0 heterocycles. The number of rotatable bonds is 3. The molecule has 4 nitrogen and oxygen atoms in total. The number of carbonyl (C=O) groups excluding carboxylic acids is 2. The number of halogens is 1. The van der Waals surface area contributed by atoms with Gasteiger partial charge in [0.25, 0.3) is 5.91 Å². The molecule has 0 aliphatic rings. The molecule has 86 valence electrons. The van der Waals surface area contributed by atoms with Crippen LogP contribution in [-0.4, -0.2) is 18.0 Å². The SMILES string of the molecule is CC(=O)O[C@@H](C)C(=O)Nc1cccc(Br)c1. The molecular weight excluding hydrogens is 274 g/mol. The van der Waals surface area contributed by atoms with Crippen molar-refractivity contribution >= 4 is 33.5 Å². The molecule has 1 atom stereocenters. The van der Waals surface area contributed by atoms with Crippen LogP contribution in [0.15, 0.2) is 28.7 Å². The van der Waals surface area contributed by atoms with Crippen molar-refractivity contribution in [3.63, 3.8) is 0 Å². The summed E-state index contributed by atoms with van der Waals surface area (Å²) in [7, 11) is 0. The van der Waals surface area contributed by atoms with Crippen LogP contribution in [0, 0.1) is 0 Å². The molecule has 0 aliphatic heterocycles. The molecule has 0 aromatic heterocycles. The van der Waals surface area contributed by atoms with E-state index in [1.165, 1.54) is 13.8 Å². The molecule has 0 radical (unpaired) electrons. The fraction of sp³-hybridized carbons (Fsp3) is 0.273. The van der Waals surface area contributed by atoms with Crippen molar-refractivity contribution in [1.29, 1.82) is 0 Å². The third-order valence-corrected chi connectivity index (χ3v) is 2.30. The maximum atomic E-state index is 11.6. The lowest BCUT2D eigenvalue weighted by Gasteiger charge is -2.12. The van der Waals surface area contributed by atoms with Crippen LogP contribution >= 0.6 is 15.9 Å². The first-order valence-corrected chi connectivity index (χ1v) is 5.52. The standard InChI is InChI=1S/C11H12BrNO3/c1-7(16-8(2)14)11(15)13-10-5-3-4-9(12)6-10/h3-7H,1-2H3,(H,13,15)/t7-/m0/s1. The Balaban J connectivity index is 2.60. The first kappa shape index (κ1) is 12.7. The summed E-state index contributed by atoms with van der Waals surface area (Å²) in [6.07, 6.45) is -0.795. The molecule has 1 amide bonds. The van der Waals surface area contributed by atoms with Crippen molar-refractivity contribution < 1.29 is 14.3 Å². The molecule has 0 bridgehead atoms. The van der Waals surface area contributed by atoms with Gasteiger partial charge < -0.3 is 10.1 Å². The molecule has 0 fully saturated rings. The topological polar surface area (TPSA) is 55.4 Å². The molecule has 0 aliphatic carbocycles. The van der Waals surface area contributed by atoms with E-state index in [-0.39, 0.29) is 5.91 Å². The van der Waals surface area contributed by atoms with Crippen LogP contribution in [0.5, 0.6) is 0 Å². The van der Waals surface area contributed by atoms with Crippen molar-refractivity contribution in [3.8, 4) is 0 Å². The summed E-state index contributed by atoms with van der Waals surface area (Å²) in [5.41, 5.74) is 0.651. The Kier molecular flexibility index (Phi) is 4.49. The zero-order valence-corrected chi connectivity index (χ0v) is 10.6. The van der Waals surface area contributed by atoms with Crippen LogP contribution in [0.25, 0.3) is 0 Å². The molecule has 1 rings (SSSR count). The Bertz CT molecular complexity index is 406. The van der Waals surface area contributed by atoms with E-state index < -0.39 is 12.1 Å². The average molecular weight is 286 g/mol.